The van der Waals surface area contributed by atoms with Crippen molar-refractivity contribution in [3.05, 3.63) is 29.8 Å². The van der Waals surface area contributed by atoms with Crippen LogP contribution in [-0.2, 0) is 0 Å². The lowest BCUT2D eigenvalue weighted by molar-refractivity contribution is 0.0979. The van der Waals surface area contributed by atoms with Crippen molar-refractivity contribution in [1.82, 2.24) is 0 Å². The molecule has 0 bridgehead atoms. The lowest BCUT2D eigenvalue weighted by Crippen LogP contribution is -1.98. The minimum Gasteiger partial charge on any atom is -0.396 e. The second kappa shape index (κ2) is 7.47. The van der Waals surface area contributed by atoms with Crippen LogP contribution >= 0.6 is 11.8 Å². The van der Waals surface area contributed by atoms with E-state index in [9.17, 15) is 4.79 Å². The molecular formula is C13H18O2S. The van der Waals surface area contributed by atoms with Crippen molar-refractivity contribution in [2.75, 3.05) is 12.4 Å². The van der Waals surface area contributed by atoms with E-state index in [4.69, 9.17) is 5.11 Å². The van der Waals surface area contributed by atoms with Gasteiger partial charge in [0.2, 0.25) is 0 Å². The number of thioether (sulfide) groups is 1. The first-order chi connectivity index (χ1) is 7.77. The predicted molar refractivity (Wildman–Crippen MR) is 68.1 cm³/mol. The first-order valence-corrected chi connectivity index (χ1v) is 6.63. The van der Waals surface area contributed by atoms with Crippen LogP contribution in [0.3, 0.4) is 0 Å². The summed E-state index contributed by atoms with van der Waals surface area (Å²) in [5.41, 5.74) is 0.793. The molecule has 16 heavy (non-hydrogen) atoms. The average Bonchev–Trinajstić information content (AvgIpc) is 2.34. The highest BCUT2D eigenvalue weighted by Gasteiger charge is 2.04. The number of benzene rings is 1. The molecule has 1 N–H and O–H groups in total. The van der Waals surface area contributed by atoms with Gasteiger partial charge in [0, 0.05) is 22.6 Å². The predicted octanol–water partition coefficient (Wildman–Crippen LogP) is 3.14. The number of hydrogen-bond acceptors (Lipinski definition) is 3. The van der Waals surface area contributed by atoms with E-state index in [1.54, 1.807) is 11.8 Å². The molecule has 1 rings (SSSR count). The molecule has 0 radical (unpaired) electrons. The van der Waals surface area contributed by atoms with Gasteiger partial charge in [0.15, 0.2) is 5.78 Å². The van der Waals surface area contributed by atoms with Crippen LogP contribution in [0.25, 0.3) is 0 Å². The molecule has 0 fully saturated rings. The Morgan fingerprint density at radius 2 is 2.00 bits per heavy atom. The highest BCUT2D eigenvalue weighted by Crippen LogP contribution is 2.18. The number of aliphatic hydroxyl groups is 1. The van der Waals surface area contributed by atoms with E-state index in [0.717, 1.165) is 23.3 Å². The third kappa shape index (κ3) is 4.37. The number of aliphatic hydroxyl groups excluding tert-OH is 1. The zero-order valence-corrected chi connectivity index (χ0v) is 10.4. The molecule has 0 aliphatic heterocycles. The van der Waals surface area contributed by atoms with Gasteiger partial charge >= 0.3 is 0 Å². The second-order valence-corrected chi connectivity index (χ2v) is 4.79. The number of carbonyl (C=O) groups excluding carboxylic acids is 1. The van der Waals surface area contributed by atoms with Gasteiger partial charge in [0.1, 0.15) is 0 Å². The summed E-state index contributed by atoms with van der Waals surface area (Å²) in [5.74, 6) is 0.920. The molecule has 0 amide bonds. The van der Waals surface area contributed by atoms with Crippen molar-refractivity contribution in [3.8, 4) is 0 Å². The average molecular weight is 238 g/mol. The first kappa shape index (κ1) is 13.3. The SMILES string of the molecule is CCCCC(=O)c1ccc(SCCO)cc1. The standard InChI is InChI=1S/C13H18O2S/c1-2-3-4-13(15)11-5-7-12(8-6-11)16-10-9-14/h5-8,14H,2-4,9-10H2,1H3. The smallest absolute Gasteiger partial charge is 0.162 e. The van der Waals surface area contributed by atoms with E-state index in [2.05, 4.69) is 6.92 Å². The highest BCUT2D eigenvalue weighted by molar-refractivity contribution is 7.99. The maximum Gasteiger partial charge on any atom is 0.162 e. The molecule has 0 unspecified atom stereocenters. The van der Waals surface area contributed by atoms with Gasteiger partial charge in [-0.05, 0) is 18.6 Å². The zero-order chi connectivity index (χ0) is 11.8. The van der Waals surface area contributed by atoms with Gasteiger partial charge in [0.25, 0.3) is 0 Å². The normalized spacial score (nSPS) is 10.4. The number of carbonyl (C=O) groups is 1. The summed E-state index contributed by atoms with van der Waals surface area (Å²) < 4.78 is 0. The molecule has 0 aliphatic rings. The second-order valence-electron chi connectivity index (χ2n) is 3.62. The van der Waals surface area contributed by atoms with Crippen LogP contribution < -0.4 is 0 Å². The highest BCUT2D eigenvalue weighted by atomic mass is 32.2. The molecule has 0 saturated carbocycles. The van der Waals surface area contributed by atoms with Crippen molar-refractivity contribution in [3.63, 3.8) is 0 Å². The van der Waals surface area contributed by atoms with Gasteiger partial charge in [-0.2, -0.15) is 0 Å². The van der Waals surface area contributed by atoms with E-state index < -0.39 is 0 Å². The third-order valence-corrected chi connectivity index (χ3v) is 3.29. The molecular weight excluding hydrogens is 220 g/mol. The molecule has 0 aromatic heterocycles. The molecule has 0 atom stereocenters. The molecule has 88 valence electrons. The molecule has 1 aromatic rings. The van der Waals surface area contributed by atoms with Crippen LogP contribution in [0.1, 0.15) is 36.5 Å². The minimum absolute atomic E-state index is 0.182. The topological polar surface area (TPSA) is 37.3 Å². The third-order valence-electron chi connectivity index (χ3n) is 2.29. The Morgan fingerprint density at radius 1 is 1.31 bits per heavy atom. The number of Topliss-reactive ketones (excluding diaryl/α,β-unsaturated/α-hetero) is 1. The maximum absolute atomic E-state index is 11.7. The van der Waals surface area contributed by atoms with Crippen molar-refractivity contribution in [2.45, 2.75) is 31.1 Å². The molecule has 0 aliphatic carbocycles. The van der Waals surface area contributed by atoms with E-state index in [1.807, 2.05) is 24.3 Å². The van der Waals surface area contributed by atoms with Crippen LogP contribution in [0.15, 0.2) is 29.2 Å². The van der Waals surface area contributed by atoms with Crippen LogP contribution in [0.2, 0.25) is 0 Å². The Morgan fingerprint density at radius 3 is 2.56 bits per heavy atom. The quantitative estimate of drug-likeness (QED) is 0.585. The largest absolute Gasteiger partial charge is 0.396 e. The van der Waals surface area contributed by atoms with Gasteiger partial charge in [0.05, 0.1) is 6.61 Å². The van der Waals surface area contributed by atoms with Crippen molar-refractivity contribution in [2.24, 2.45) is 0 Å². The molecule has 0 heterocycles. The lowest BCUT2D eigenvalue weighted by atomic mass is 10.1. The zero-order valence-electron chi connectivity index (χ0n) is 9.61. The Kier molecular flexibility index (Phi) is 6.19. The Bertz CT molecular complexity index is 319. The number of unbranched alkanes of at least 4 members (excludes halogenated alkanes) is 1. The minimum atomic E-state index is 0.182. The van der Waals surface area contributed by atoms with E-state index in [0.29, 0.717) is 12.2 Å². The Labute approximate surface area is 101 Å². The van der Waals surface area contributed by atoms with Crippen LogP contribution in [0, 0.1) is 0 Å². The lowest BCUT2D eigenvalue weighted by Gasteiger charge is -2.02. The monoisotopic (exact) mass is 238 g/mol. The van der Waals surface area contributed by atoms with Crippen LogP contribution in [-0.4, -0.2) is 23.2 Å². The van der Waals surface area contributed by atoms with Gasteiger partial charge in [-0.15, -0.1) is 11.8 Å². The van der Waals surface area contributed by atoms with Gasteiger partial charge in [-0.1, -0.05) is 25.5 Å². The van der Waals surface area contributed by atoms with Gasteiger partial charge in [-0.25, -0.2) is 0 Å². The molecule has 2 nitrogen and oxygen atoms in total. The fourth-order valence-electron chi connectivity index (χ4n) is 1.38. The fraction of sp³-hybridized carbons (Fsp3) is 0.462. The van der Waals surface area contributed by atoms with Crippen LogP contribution in [0.4, 0.5) is 0 Å². The van der Waals surface area contributed by atoms with Crippen molar-refractivity contribution >= 4 is 17.5 Å². The summed E-state index contributed by atoms with van der Waals surface area (Å²) in [6.07, 6.45) is 2.65. The Hall–Kier alpha value is -0.800. The van der Waals surface area contributed by atoms with E-state index in [-0.39, 0.29) is 12.4 Å². The van der Waals surface area contributed by atoms with E-state index >= 15 is 0 Å². The Balaban J connectivity index is 2.53. The summed E-state index contributed by atoms with van der Waals surface area (Å²) in [7, 11) is 0. The van der Waals surface area contributed by atoms with Crippen molar-refractivity contribution in [1.29, 1.82) is 0 Å². The van der Waals surface area contributed by atoms with Gasteiger partial charge < -0.3 is 5.11 Å². The number of rotatable bonds is 7. The van der Waals surface area contributed by atoms with Crippen molar-refractivity contribution < 1.29 is 9.90 Å². The molecule has 1 aromatic carbocycles. The van der Waals surface area contributed by atoms with E-state index in [1.165, 1.54) is 0 Å². The number of hydrogen-bond donors (Lipinski definition) is 1. The van der Waals surface area contributed by atoms with Crippen LogP contribution in [0.5, 0.6) is 0 Å². The fourth-order valence-corrected chi connectivity index (χ4v) is 2.04. The summed E-state index contributed by atoms with van der Waals surface area (Å²) in [6.45, 7) is 2.27. The summed E-state index contributed by atoms with van der Waals surface area (Å²) in [6, 6.07) is 7.63. The molecule has 0 spiro atoms. The maximum atomic E-state index is 11.7. The molecule has 3 heteroatoms. The van der Waals surface area contributed by atoms with Gasteiger partial charge in [-0.3, -0.25) is 4.79 Å². The number of ketones is 1. The first-order valence-electron chi connectivity index (χ1n) is 5.65. The summed E-state index contributed by atoms with van der Waals surface area (Å²) in [5, 5.41) is 8.69. The molecule has 0 saturated heterocycles. The summed E-state index contributed by atoms with van der Waals surface area (Å²) >= 11 is 1.60. The summed E-state index contributed by atoms with van der Waals surface area (Å²) in [4.78, 5) is 12.8.